The van der Waals surface area contributed by atoms with Crippen LogP contribution in [0.2, 0.25) is 0 Å². The standard InChI is InChI=1S/C15H25NO6/c1-6-20-13(18)12(14(19)21-7-2)16-10-8-9-11(17)22-15(3,4)5/h6-10H2,1-5H3. The van der Waals surface area contributed by atoms with Crippen molar-refractivity contribution >= 4 is 23.6 Å². The van der Waals surface area contributed by atoms with Crippen LogP contribution in [0, 0.1) is 0 Å². The Hall–Kier alpha value is -1.92. The summed E-state index contributed by atoms with van der Waals surface area (Å²) in [6, 6.07) is 0. The average Bonchev–Trinajstić information content (AvgIpc) is 2.36. The van der Waals surface area contributed by atoms with Gasteiger partial charge in [-0.1, -0.05) is 0 Å². The number of hydrogen-bond donors (Lipinski definition) is 0. The first kappa shape index (κ1) is 20.1. The van der Waals surface area contributed by atoms with Crippen molar-refractivity contribution in [1.29, 1.82) is 0 Å². The molecule has 7 heteroatoms. The third-order valence-corrected chi connectivity index (χ3v) is 2.17. The van der Waals surface area contributed by atoms with E-state index in [-0.39, 0.29) is 37.9 Å². The first-order valence-corrected chi connectivity index (χ1v) is 7.31. The Balaban J connectivity index is 4.51. The highest BCUT2D eigenvalue weighted by Gasteiger charge is 2.23. The van der Waals surface area contributed by atoms with Crippen molar-refractivity contribution in [3.8, 4) is 0 Å². The Morgan fingerprint density at radius 3 is 1.86 bits per heavy atom. The van der Waals surface area contributed by atoms with Gasteiger partial charge in [-0.25, -0.2) is 9.59 Å². The molecule has 7 nitrogen and oxygen atoms in total. The second kappa shape index (κ2) is 9.92. The van der Waals surface area contributed by atoms with Crippen LogP contribution in [0.1, 0.15) is 47.5 Å². The van der Waals surface area contributed by atoms with E-state index < -0.39 is 17.5 Å². The number of nitrogens with zero attached hydrogens (tertiary/aromatic N) is 1. The molecule has 0 radical (unpaired) electrons. The predicted octanol–water partition coefficient (Wildman–Crippen LogP) is 1.68. The van der Waals surface area contributed by atoms with Gasteiger partial charge in [0.25, 0.3) is 0 Å². The highest BCUT2D eigenvalue weighted by Crippen LogP contribution is 2.09. The molecule has 0 saturated carbocycles. The van der Waals surface area contributed by atoms with Gasteiger partial charge in [0.2, 0.25) is 5.71 Å². The lowest BCUT2D eigenvalue weighted by molar-refractivity contribution is -0.154. The molecular weight excluding hydrogens is 290 g/mol. The fraction of sp³-hybridized carbons (Fsp3) is 0.733. The summed E-state index contributed by atoms with van der Waals surface area (Å²) in [5.41, 5.74) is -0.922. The molecule has 0 aromatic rings. The zero-order chi connectivity index (χ0) is 17.2. The second-order valence-electron chi connectivity index (χ2n) is 5.36. The molecule has 126 valence electrons. The maximum atomic E-state index is 11.6. The summed E-state index contributed by atoms with van der Waals surface area (Å²) < 4.78 is 14.7. The van der Waals surface area contributed by atoms with Crippen molar-refractivity contribution in [1.82, 2.24) is 0 Å². The molecule has 0 saturated heterocycles. The van der Waals surface area contributed by atoms with E-state index >= 15 is 0 Å². The van der Waals surface area contributed by atoms with Crippen LogP contribution >= 0.6 is 0 Å². The van der Waals surface area contributed by atoms with Gasteiger partial charge < -0.3 is 14.2 Å². The number of ether oxygens (including phenoxy) is 3. The van der Waals surface area contributed by atoms with Crippen molar-refractivity contribution < 1.29 is 28.6 Å². The molecule has 0 spiro atoms. The predicted molar refractivity (Wildman–Crippen MR) is 80.6 cm³/mol. The smallest absolute Gasteiger partial charge is 0.364 e. The molecule has 0 aliphatic carbocycles. The minimum atomic E-state index is -0.821. The lowest BCUT2D eigenvalue weighted by atomic mass is 10.2. The van der Waals surface area contributed by atoms with E-state index in [1.54, 1.807) is 34.6 Å². The second-order valence-corrected chi connectivity index (χ2v) is 5.36. The summed E-state index contributed by atoms with van der Waals surface area (Å²) in [6.07, 6.45) is 0.511. The number of hydrogen-bond acceptors (Lipinski definition) is 7. The van der Waals surface area contributed by atoms with Gasteiger partial charge in [0, 0.05) is 13.0 Å². The van der Waals surface area contributed by atoms with Crippen LogP contribution in [0.5, 0.6) is 0 Å². The van der Waals surface area contributed by atoms with Crippen LogP contribution in [0.15, 0.2) is 4.99 Å². The highest BCUT2D eigenvalue weighted by molar-refractivity contribution is 6.62. The lowest BCUT2D eigenvalue weighted by Gasteiger charge is -2.19. The summed E-state index contributed by atoms with van der Waals surface area (Å²) in [5.74, 6) is -1.99. The molecule has 22 heavy (non-hydrogen) atoms. The quantitative estimate of drug-likeness (QED) is 0.222. The molecule has 0 amide bonds. The maximum Gasteiger partial charge on any atom is 0.364 e. The van der Waals surface area contributed by atoms with Crippen LogP contribution in [0.3, 0.4) is 0 Å². The third kappa shape index (κ3) is 9.10. The summed E-state index contributed by atoms with van der Waals surface area (Å²) in [5, 5.41) is 0. The average molecular weight is 315 g/mol. The molecule has 0 aliphatic rings. The lowest BCUT2D eigenvalue weighted by Crippen LogP contribution is -2.29. The van der Waals surface area contributed by atoms with E-state index in [4.69, 9.17) is 14.2 Å². The number of carbonyl (C=O) groups is 3. The number of aliphatic imine (C=N–C) groups is 1. The van der Waals surface area contributed by atoms with Crippen molar-refractivity contribution in [3.05, 3.63) is 0 Å². The zero-order valence-corrected chi connectivity index (χ0v) is 13.9. The van der Waals surface area contributed by atoms with E-state index in [1.165, 1.54) is 0 Å². The number of esters is 3. The van der Waals surface area contributed by atoms with Gasteiger partial charge in [0.05, 0.1) is 13.2 Å². The third-order valence-electron chi connectivity index (χ3n) is 2.17. The largest absolute Gasteiger partial charge is 0.461 e. The Kier molecular flexibility index (Phi) is 9.05. The van der Waals surface area contributed by atoms with E-state index in [9.17, 15) is 14.4 Å². The first-order valence-electron chi connectivity index (χ1n) is 7.31. The molecule has 0 aromatic heterocycles. The van der Waals surface area contributed by atoms with Gasteiger partial charge >= 0.3 is 17.9 Å². The van der Waals surface area contributed by atoms with Crippen LogP contribution in [0.25, 0.3) is 0 Å². The molecule has 0 atom stereocenters. The first-order chi connectivity index (χ1) is 10.2. The van der Waals surface area contributed by atoms with E-state index in [1.807, 2.05) is 0 Å². The molecule has 0 unspecified atom stereocenters. The van der Waals surface area contributed by atoms with Crippen molar-refractivity contribution in [3.63, 3.8) is 0 Å². The molecule has 0 bridgehead atoms. The summed E-state index contributed by atoms with van der Waals surface area (Å²) in [7, 11) is 0. The van der Waals surface area contributed by atoms with E-state index in [2.05, 4.69) is 4.99 Å². The maximum absolute atomic E-state index is 11.6. The summed E-state index contributed by atoms with van der Waals surface area (Å²) in [4.78, 5) is 38.7. The minimum absolute atomic E-state index is 0.131. The fourth-order valence-electron chi connectivity index (χ4n) is 1.42. The Bertz CT molecular complexity index is 402. The molecule has 0 rings (SSSR count). The van der Waals surface area contributed by atoms with Crippen LogP contribution in [-0.2, 0) is 28.6 Å². The number of rotatable bonds is 8. The normalized spacial score (nSPS) is 10.6. The van der Waals surface area contributed by atoms with Crippen molar-refractivity contribution in [2.24, 2.45) is 4.99 Å². The molecule has 0 aliphatic heterocycles. The van der Waals surface area contributed by atoms with Crippen molar-refractivity contribution in [2.75, 3.05) is 19.8 Å². The van der Waals surface area contributed by atoms with Gasteiger partial charge in [0.15, 0.2) is 0 Å². The van der Waals surface area contributed by atoms with E-state index in [0.29, 0.717) is 6.42 Å². The molecule has 0 fully saturated rings. The Morgan fingerprint density at radius 1 is 0.955 bits per heavy atom. The van der Waals surface area contributed by atoms with E-state index in [0.717, 1.165) is 0 Å². The monoisotopic (exact) mass is 315 g/mol. The molecule has 0 heterocycles. The zero-order valence-electron chi connectivity index (χ0n) is 13.9. The SMILES string of the molecule is CCOC(=O)C(=NCCCC(=O)OC(C)(C)C)C(=O)OCC. The molecule has 0 aromatic carbocycles. The van der Waals surface area contributed by atoms with Gasteiger partial charge in [-0.15, -0.1) is 0 Å². The summed E-state index contributed by atoms with van der Waals surface area (Å²) >= 11 is 0. The molecule has 0 N–H and O–H groups in total. The van der Waals surface area contributed by atoms with Gasteiger partial charge in [-0.05, 0) is 41.0 Å². The fourth-order valence-corrected chi connectivity index (χ4v) is 1.42. The highest BCUT2D eigenvalue weighted by atomic mass is 16.6. The minimum Gasteiger partial charge on any atom is -0.461 e. The molecular formula is C15H25NO6. The number of carbonyl (C=O) groups excluding carboxylic acids is 3. The topological polar surface area (TPSA) is 91.3 Å². The van der Waals surface area contributed by atoms with Gasteiger partial charge in [-0.3, -0.25) is 9.79 Å². The Labute approximate surface area is 131 Å². The van der Waals surface area contributed by atoms with Crippen LogP contribution < -0.4 is 0 Å². The Morgan fingerprint density at radius 2 is 1.45 bits per heavy atom. The van der Waals surface area contributed by atoms with Gasteiger partial charge in [0.1, 0.15) is 5.60 Å². The van der Waals surface area contributed by atoms with Gasteiger partial charge in [-0.2, -0.15) is 0 Å². The van der Waals surface area contributed by atoms with Crippen LogP contribution in [0.4, 0.5) is 0 Å². The van der Waals surface area contributed by atoms with Crippen LogP contribution in [-0.4, -0.2) is 49.0 Å². The summed E-state index contributed by atoms with van der Waals surface area (Å²) in [6.45, 7) is 9.00. The van der Waals surface area contributed by atoms with Crippen molar-refractivity contribution in [2.45, 2.75) is 53.1 Å².